The highest BCUT2D eigenvalue weighted by atomic mass is 16.6. The van der Waals surface area contributed by atoms with Crippen molar-refractivity contribution in [2.45, 2.75) is 26.2 Å². The minimum absolute atomic E-state index is 0.118. The molecule has 6 heteroatoms. The van der Waals surface area contributed by atoms with Crippen molar-refractivity contribution in [2.75, 3.05) is 59.5 Å². The van der Waals surface area contributed by atoms with Crippen LogP contribution in [0, 0.1) is 18.3 Å². The van der Waals surface area contributed by atoms with Crippen LogP contribution in [-0.4, -0.2) is 64.6 Å². The first-order valence-electron chi connectivity index (χ1n) is 11.7. The molecule has 0 heterocycles. The van der Waals surface area contributed by atoms with Crippen molar-refractivity contribution in [1.82, 2.24) is 0 Å². The first-order valence-corrected chi connectivity index (χ1v) is 11.7. The van der Waals surface area contributed by atoms with Crippen LogP contribution in [0.15, 0.2) is 48.5 Å². The molecule has 0 saturated heterocycles. The first kappa shape index (κ1) is 27.7. The number of benzene rings is 2. The Morgan fingerprint density at radius 3 is 1.74 bits per heavy atom. The lowest BCUT2D eigenvalue weighted by molar-refractivity contribution is 0.0142. The summed E-state index contributed by atoms with van der Waals surface area (Å²) in [6, 6.07) is 16.3. The summed E-state index contributed by atoms with van der Waals surface area (Å²) in [6.07, 6.45) is 5.10. The van der Waals surface area contributed by atoms with Gasteiger partial charge in [0.2, 0.25) is 0 Å². The Hall–Kier alpha value is -2.56. The third-order valence-corrected chi connectivity index (χ3v) is 5.42. The smallest absolute Gasteiger partial charge is 0.119 e. The summed E-state index contributed by atoms with van der Waals surface area (Å²) >= 11 is 0. The molecule has 0 aliphatic rings. The molecule has 0 spiro atoms. The normalized spacial score (nSPS) is 12.2. The van der Waals surface area contributed by atoms with Crippen molar-refractivity contribution in [3.63, 3.8) is 0 Å². The average Bonchev–Trinajstić information content (AvgIpc) is 2.86. The molecule has 6 nitrogen and oxygen atoms in total. The van der Waals surface area contributed by atoms with Crippen LogP contribution in [0.3, 0.4) is 0 Å². The lowest BCUT2D eigenvalue weighted by Crippen LogP contribution is -2.19. The number of aliphatic hydroxyl groups excluding tert-OH is 1. The fourth-order valence-corrected chi connectivity index (χ4v) is 3.18. The summed E-state index contributed by atoms with van der Waals surface area (Å²) in [4.78, 5) is 0. The molecule has 0 aromatic heterocycles. The quantitative estimate of drug-likeness (QED) is 0.278. The van der Waals surface area contributed by atoms with Crippen LogP contribution in [-0.2, 0) is 19.6 Å². The van der Waals surface area contributed by atoms with Crippen LogP contribution >= 0.6 is 0 Å². The second kappa shape index (κ2) is 15.4. The molecule has 1 N–H and O–H groups in total. The number of hydrogen-bond acceptors (Lipinski definition) is 6. The molecule has 0 radical (unpaired) electrons. The Morgan fingerprint density at radius 1 is 0.765 bits per heavy atom. The van der Waals surface area contributed by atoms with Crippen LogP contribution in [0.4, 0.5) is 0 Å². The maximum Gasteiger partial charge on any atom is 0.119 e. The van der Waals surface area contributed by atoms with Crippen molar-refractivity contribution in [1.29, 1.82) is 0 Å². The van der Waals surface area contributed by atoms with E-state index in [1.54, 1.807) is 0 Å². The minimum atomic E-state index is -0.162. The van der Waals surface area contributed by atoms with E-state index in [1.807, 2.05) is 31.2 Å². The van der Waals surface area contributed by atoms with E-state index in [4.69, 9.17) is 35.2 Å². The van der Waals surface area contributed by atoms with Gasteiger partial charge in [-0.1, -0.05) is 51.0 Å². The number of hydrogen-bond donors (Lipinski definition) is 1. The Balaban J connectivity index is 1.71. The third-order valence-electron chi connectivity index (χ3n) is 5.42. The summed E-state index contributed by atoms with van der Waals surface area (Å²) in [5.41, 5.74) is 2.23. The molecule has 2 rings (SSSR count). The van der Waals surface area contributed by atoms with Crippen molar-refractivity contribution in [2.24, 2.45) is 5.92 Å². The minimum Gasteiger partial charge on any atom is -0.493 e. The van der Waals surface area contributed by atoms with Crippen LogP contribution in [0.1, 0.15) is 31.9 Å². The Bertz CT molecular complexity index is 839. The van der Waals surface area contributed by atoms with Crippen molar-refractivity contribution >= 4 is 0 Å². The van der Waals surface area contributed by atoms with Crippen molar-refractivity contribution < 1.29 is 28.8 Å². The lowest BCUT2D eigenvalue weighted by atomic mass is 9.78. The largest absolute Gasteiger partial charge is 0.493 e. The second-order valence-electron chi connectivity index (χ2n) is 8.60. The van der Waals surface area contributed by atoms with E-state index in [0.29, 0.717) is 52.9 Å². The third kappa shape index (κ3) is 9.74. The van der Waals surface area contributed by atoms with Gasteiger partial charge >= 0.3 is 0 Å². The van der Waals surface area contributed by atoms with Gasteiger partial charge in [0.05, 0.1) is 39.6 Å². The number of ether oxygens (including phenoxy) is 5. The molecular formula is C28H38O6. The Morgan fingerprint density at radius 2 is 1.24 bits per heavy atom. The van der Waals surface area contributed by atoms with Crippen LogP contribution in [0.25, 0.3) is 0 Å². The van der Waals surface area contributed by atoms with Gasteiger partial charge in [0.1, 0.15) is 24.7 Å². The van der Waals surface area contributed by atoms with E-state index in [1.165, 1.54) is 11.1 Å². The average molecular weight is 471 g/mol. The van der Waals surface area contributed by atoms with E-state index in [2.05, 4.69) is 44.0 Å². The maximum absolute atomic E-state index is 9.13. The molecule has 2 aromatic rings. The summed E-state index contributed by atoms with van der Waals surface area (Å²) in [5.74, 6) is 4.15. The highest BCUT2D eigenvalue weighted by Crippen LogP contribution is 2.33. The molecule has 0 aliphatic heterocycles. The molecule has 0 aliphatic carbocycles. The number of terminal acetylenes is 1. The van der Waals surface area contributed by atoms with E-state index in [0.717, 1.165) is 11.5 Å². The van der Waals surface area contributed by atoms with Gasteiger partial charge < -0.3 is 28.8 Å². The molecule has 186 valence electrons. The van der Waals surface area contributed by atoms with E-state index < -0.39 is 0 Å². The summed E-state index contributed by atoms with van der Waals surface area (Å²) in [7, 11) is 0. The zero-order valence-electron chi connectivity index (χ0n) is 20.6. The van der Waals surface area contributed by atoms with Crippen LogP contribution in [0.5, 0.6) is 11.5 Å². The van der Waals surface area contributed by atoms with Crippen molar-refractivity contribution in [3.05, 3.63) is 59.7 Å². The zero-order valence-corrected chi connectivity index (χ0v) is 20.6. The predicted molar refractivity (Wildman–Crippen MR) is 134 cm³/mol. The van der Waals surface area contributed by atoms with Gasteiger partial charge in [0.25, 0.3) is 0 Å². The predicted octanol–water partition coefficient (Wildman–Crippen LogP) is 4.08. The second-order valence-corrected chi connectivity index (χ2v) is 8.60. The highest BCUT2D eigenvalue weighted by Gasteiger charge is 2.23. The van der Waals surface area contributed by atoms with Gasteiger partial charge in [-0.2, -0.15) is 0 Å². The molecule has 1 atom stereocenters. The SMILES string of the molecule is C#CCOCCOCCOCCOc1ccc(C(C)(C)c2ccc(OCC(C)CO)cc2)cc1. The van der Waals surface area contributed by atoms with E-state index in [9.17, 15) is 0 Å². The molecule has 0 saturated carbocycles. The van der Waals surface area contributed by atoms with Crippen LogP contribution < -0.4 is 9.47 Å². The van der Waals surface area contributed by atoms with Crippen molar-refractivity contribution in [3.8, 4) is 23.8 Å². The molecule has 0 fully saturated rings. The molecule has 0 amide bonds. The van der Waals surface area contributed by atoms with Gasteiger partial charge in [-0.05, 0) is 35.4 Å². The summed E-state index contributed by atoms with van der Waals surface area (Å²) in [6.45, 7) is 10.3. The maximum atomic E-state index is 9.13. The number of aliphatic hydroxyl groups is 1. The monoisotopic (exact) mass is 470 g/mol. The molecule has 0 bridgehead atoms. The van der Waals surface area contributed by atoms with E-state index >= 15 is 0 Å². The highest BCUT2D eigenvalue weighted by molar-refractivity contribution is 5.41. The van der Waals surface area contributed by atoms with Gasteiger partial charge in [-0.25, -0.2) is 0 Å². The molecule has 1 unspecified atom stereocenters. The Kier molecular flexibility index (Phi) is 12.5. The van der Waals surface area contributed by atoms with Crippen LogP contribution in [0.2, 0.25) is 0 Å². The van der Waals surface area contributed by atoms with E-state index in [-0.39, 0.29) is 17.9 Å². The molecule has 34 heavy (non-hydrogen) atoms. The molecular weight excluding hydrogens is 432 g/mol. The lowest BCUT2D eigenvalue weighted by Gasteiger charge is -2.26. The first-order chi connectivity index (χ1) is 16.5. The zero-order chi connectivity index (χ0) is 24.7. The fourth-order valence-electron chi connectivity index (χ4n) is 3.18. The van der Waals surface area contributed by atoms with Gasteiger partial charge in [-0.15, -0.1) is 6.42 Å². The summed E-state index contributed by atoms with van der Waals surface area (Å²) < 4.78 is 27.5. The summed E-state index contributed by atoms with van der Waals surface area (Å²) in [5, 5.41) is 9.13. The standard InChI is InChI=1S/C28H38O6/c1-5-14-30-15-16-31-17-18-32-19-20-33-26-10-6-24(7-11-26)28(3,4)25-8-12-27(13-9-25)34-22-23(2)21-29/h1,6-13,23,29H,14-22H2,2-4H3. The molecule has 2 aromatic carbocycles. The van der Waals surface area contributed by atoms with Gasteiger partial charge in [-0.3, -0.25) is 0 Å². The Labute approximate surface area is 204 Å². The topological polar surface area (TPSA) is 66.4 Å². The van der Waals surface area contributed by atoms with Gasteiger partial charge in [0, 0.05) is 17.9 Å². The fraction of sp³-hybridized carbons (Fsp3) is 0.500. The van der Waals surface area contributed by atoms with Gasteiger partial charge in [0.15, 0.2) is 0 Å². The number of rotatable bonds is 17.